The Labute approximate surface area is 138 Å². The van der Waals surface area contributed by atoms with Crippen molar-refractivity contribution in [3.8, 4) is 10.6 Å². The summed E-state index contributed by atoms with van der Waals surface area (Å²) < 4.78 is 4.92. The molecule has 23 heavy (non-hydrogen) atoms. The summed E-state index contributed by atoms with van der Waals surface area (Å²) >= 11 is 1.60. The molecule has 0 saturated heterocycles. The zero-order valence-corrected chi connectivity index (χ0v) is 14.0. The minimum Gasteiger partial charge on any atom is -0.361 e. The highest BCUT2D eigenvalue weighted by atomic mass is 32.1. The maximum atomic E-state index is 12.0. The van der Waals surface area contributed by atoms with Crippen LogP contribution in [0.15, 0.2) is 34.9 Å². The van der Waals surface area contributed by atoms with Crippen molar-refractivity contribution in [3.05, 3.63) is 57.9 Å². The van der Waals surface area contributed by atoms with Crippen LogP contribution in [0.3, 0.4) is 0 Å². The second-order valence-electron chi connectivity index (χ2n) is 5.35. The predicted molar refractivity (Wildman–Crippen MR) is 89.4 cm³/mol. The van der Waals surface area contributed by atoms with E-state index in [2.05, 4.69) is 34.5 Å². The monoisotopic (exact) mass is 327 g/mol. The molecule has 2 heterocycles. The van der Waals surface area contributed by atoms with E-state index in [0.29, 0.717) is 18.0 Å². The second-order valence-corrected chi connectivity index (χ2v) is 6.43. The van der Waals surface area contributed by atoms with Crippen LogP contribution < -0.4 is 5.32 Å². The van der Waals surface area contributed by atoms with E-state index in [1.54, 1.807) is 24.3 Å². The summed E-state index contributed by atoms with van der Waals surface area (Å²) in [6.45, 7) is 6.21. The summed E-state index contributed by atoms with van der Waals surface area (Å²) in [5, 5.41) is 7.55. The van der Waals surface area contributed by atoms with Crippen LogP contribution in [0.2, 0.25) is 0 Å². The average Bonchev–Trinajstić information content (AvgIpc) is 3.11. The molecule has 0 aliphatic carbocycles. The van der Waals surface area contributed by atoms with Crippen LogP contribution >= 0.6 is 11.3 Å². The van der Waals surface area contributed by atoms with Crippen molar-refractivity contribution < 1.29 is 9.32 Å². The fourth-order valence-corrected chi connectivity index (χ4v) is 3.34. The van der Waals surface area contributed by atoms with E-state index in [-0.39, 0.29) is 5.91 Å². The van der Waals surface area contributed by atoms with Gasteiger partial charge in [-0.25, -0.2) is 4.98 Å². The fraction of sp³-hybridized carbons (Fsp3) is 0.235. The zero-order chi connectivity index (χ0) is 16.4. The number of aromatic nitrogens is 2. The Morgan fingerprint density at radius 2 is 2.04 bits per heavy atom. The van der Waals surface area contributed by atoms with E-state index in [1.807, 2.05) is 19.1 Å². The summed E-state index contributed by atoms with van der Waals surface area (Å²) in [5.41, 5.74) is 3.55. The number of hydrogen-bond donors (Lipinski definition) is 1. The number of aryl methyl sites for hydroxylation is 3. The molecule has 5 nitrogen and oxygen atoms in total. The number of rotatable bonds is 4. The van der Waals surface area contributed by atoms with Crippen LogP contribution in [-0.2, 0) is 6.54 Å². The summed E-state index contributed by atoms with van der Waals surface area (Å²) in [6, 6.07) is 9.77. The van der Waals surface area contributed by atoms with Gasteiger partial charge in [0.25, 0.3) is 5.91 Å². The largest absolute Gasteiger partial charge is 0.361 e. The lowest BCUT2D eigenvalue weighted by Crippen LogP contribution is -2.22. The van der Waals surface area contributed by atoms with Gasteiger partial charge in [-0.15, -0.1) is 11.3 Å². The van der Waals surface area contributed by atoms with Gasteiger partial charge < -0.3 is 9.84 Å². The third kappa shape index (κ3) is 3.32. The van der Waals surface area contributed by atoms with E-state index < -0.39 is 0 Å². The van der Waals surface area contributed by atoms with E-state index in [4.69, 9.17) is 4.52 Å². The highest BCUT2D eigenvalue weighted by Gasteiger charge is 2.14. The number of thiazole rings is 1. The topological polar surface area (TPSA) is 68.0 Å². The number of carbonyl (C=O) groups excluding carboxylic acids is 1. The lowest BCUT2D eigenvalue weighted by atomic mass is 10.1. The number of nitrogens with one attached hydrogen (secondary N) is 1. The summed E-state index contributed by atoms with van der Waals surface area (Å²) in [5.74, 6) is 0.373. The Hall–Kier alpha value is -2.47. The van der Waals surface area contributed by atoms with Crippen LogP contribution in [0.25, 0.3) is 10.6 Å². The molecule has 3 aromatic rings. The fourth-order valence-electron chi connectivity index (χ4n) is 2.24. The standard InChI is InChI=1S/C17H17N3O2S/c1-10-6-4-5-7-13(10)17-19-12(3)15(23-17)9-18-16(21)14-8-11(2)22-20-14/h4-8H,9H2,1-3H3,(H,18,21). The molecule has 0 unspecified atom stereocenters. The number of benzene rings is 1. The van der Waals surface area contributed by atoms with E-state index in [0.717, 1.165) is 21.1 Å². The first kappa shape index (κ1) is 15.4. The Morgan fingerprint density at radius 3 is 2.74 bits per heavy atom. The molecule has 6 heteroatoms. The molecular formula is C17H17N3O2S. The quantitative estimate of drug-likeness (QED) is 0.794. The van der Waals surface area contributed by atoms with E-state index in [9.17, 15) is 4.79 Å². The minimum absolute atomic E-state index is 0.243. The third-order valence-corrected chi connectivity index (χ3v) is 4.73. The zero-order valence-electron chi connectivity index (χ0n) is 13.2. The molecule has 0 aliphatic rings. The SMILES string of the molecule is Cc1cc(C(=O)NCc2sc(-c3ccccc3C)nc2C)no1. The smallest absolute Gasteiger partial charge is 0.273 e. The first-order chi connectivity index (χ1) is 11.0. The summed E-state index contributed by atoms with van der Waals surface area (Å²) in [6.07, 6.45) is 0. The number of nitrogens with zero attached hydrogens (tertiary/aromatic N) is 2. The molecule has 1 amide bonds. The van der Waals surface area contributed by atoms with Gasteiger partial charge in [-0.05, 0) is 26.3 Å². The predicted octanol–water partition coefficient (Wildman–Crippen LogP) is 3.65. The second kappa shape index (κ2) is 6.34. The Kier molecular flexibility index (Phi) is 4.25. The number of hydrogen-bond acceptors (Lipinski definition) is 5. The Bertz CT molecular complexity index is 851. The molecule has 0 aliphatic heterocycles. The Balaban J connectivity index is 1.74. The third-order valence-electron chi connectivity index (χ3n) is 3.54. The molecule has 0 atom stereocenters. The van der Waals surface area contributed by atoms with Crippen molar-refractivity contribution in [1.82, 2.24) is 15.5 Å². The molecule has 0 saturated carbocycles. The minimum atomic E-state index is -0.243. The van der Waals surface area contributed by atoms with Gasteiger partial charge in [-0.1, -0.05) is 29.4 Å². The first-order valence-electron chi connectivity index (χ1n) is 7.28. The van der Waals surface area contributed by atoms with Crippen molar-refractivity contribution in [2.45, 2.75) is 27.3 Å². The maximum Gasteiger partial charge on any atom is 0.273 e. The molecule has 1 aromatic carbocycles. The van der Waals surface area contributed by atoms with Gasteiger partial charge in [0.1, 0.15) is 10.8 Å². The van der Waals surface area contributed by atoms with Crippen LogP contribution in [0.1, 0.15) is 32.4 Å². The highest BCUT2D eigenvalue weighted by molar-refractivity contribution is 7.15. The van der Waals surface area contributed by atoms with Crippen molar-refractivity contribution in [2.75, 3.05) is 0 Å². The van der Waals surface area contributed by atoms with Crippen LogP contribution in [0, 0.1) is 20.8 Å². The number of amides is 1. The van der Waals surface area contributed by atoms with Crippen LogP contribution in [-0.4, -0.2) is 16.0 Å². The molecule has 0 fully saturated rings. The first-order valence-corrected chi connectivity index (χ1v) is 8.10. The summed E-state index contributed by atoms with van der Waals surface area (Å²) in [7, 11) is 0. The highest BCUT2D eigenvalue weighted by Crippen LogP contribution is 2.29. The average molecular weight is 327 g/mol. The van der Waals surface area contributed by atoms with Crippen molar-refractivity contribution >= 4 is 17.2 Å². The lowest BCUT2D eigenvalue weighted by molar-refractivity contribution is 0.0942. The summed E-state index contributed by atoms with van der Waals surface area (Å²) in [4.78, 5) is 17.7. The molecule has 3 rings (SSSR count). The normalized spacial score (nSPS) is 10.7. The van der Waals surface area contributed by atoms with Gasteiger partial charge in [0, 0.05) is 16.5 Å². The van der Waals surface area contributed by atoms with Crippen molar-refractivity contribution in [2.24, 2.45) is 0 Å². The lowest BCUT2D eigenvalue weighted by Gasteiger charge is -2.01. The van der Waals surface area contributed by atoms with Gasteiger partial charge in [0.2, 0.25) is 0 Å². The molecule has 2 aromatic heterocycles. The van der Waals surface area contributed by atoms with E-state index >= 15 is 0 Å². The number of carbonyl (C=O) groups is 1. The van der Waals surface area contributed by atoms with E-state index in [1.165, 1.54) is 5.56 Å². The van der Waals surface area contributed by atoms with Crippen molar-refractivity contribution in [3.63, 3.8) is 0 Å². The molecule has 1 N–H and O–H groups in total. The van der Waals surface area contributed by atoms with Gasteiger partial charge in [-0.3, -0.25) is 4.79 Å². The molecule has 0 radical (unpaired) electrons. The maximum absolute atomic E-state index is 12.0. The van der Waals surface area contributed by atoms with Gasteiger partial charge >= 0.3 is 0 Å². The molecule has 0 bridgehead atoms. The van der Waals surface area contributed by atoms with Crippen molar-refractivity contribution in [1.29, 1.82) is 0 Å². The Morgan fingerprint density at radius 1 is 1.26 bits per heavy atom. The molecular weight excluding hydrogens is 310 g/mol. The molecule has 0 spiro atoms. The van der Waals surface area contributed by atoms with Gasteiger partial charge in [0.15, 0.2) is 5.69 Å². The van der Waals surface area contributed by atoms with Gasteiger partial charge in [0.05, 0.1) is 12.2 Å². The van der Waals surface area contributed by atoms with Crippen LogP contribution in [0.4, 0.5) is 0 Å². The molecule has 118 valence electrons. The van der Waals surface area contributed by atoms with Crippen LogP contribution in [0.5, 0.6) is 0 Å². The van der Waals surface area contributed by atoms with Gasteiger partial charge in [-0.2, -0.15) is 0 Å².